The van der Waals surface area contributed by atoms with Crippen LogP contribution in [0.1, 0.15) is 5.69 Å². The van der Waals surface area contributed by atoms with E-state index in [1.807, 2.05) is 18.0 Å². The summed E-state index contributed by atoms with van der Waals surface area (Å²) >= 11 is 0. The van der Waals surface area contributed by atoms with Crippen molar-refractivity contribution in [1.29, 1.82) is 0 Å². The maximum atomic E-state index is 12.4. The van der Waals surface area contributed by atoms with Crippen LogP contribution in [-0.2, 0) is 16.6 Å². The molecule has 0 atom stereocenters. The maximum absolute atomic E-state index is 12.4. The smallest absolute Gasteiger partial charge is 0.241 e. The second-order valence-electron chi connectivity index (χ2n) is 5.05. The van der Waals surface area contributed by atoms with Crippen LogP contribution in [0, 0.1) is 0 Å². The Kier molecular flexibility index (Phi) is 4.00. The van der Waals surface area contributed by atoms with Crippen LogP contribution in [-0.4, -0.2) is 33.6 Å². The zero-order chi connectivity index (χ0) is 15.6. The topological polar surface area (TPSA) is 71.5 Å². The van der Waals surface area contributed by atoms with E-state index < -0.39 is 10.0 Å². The molecular weight excluding hydrogens is 302 g/mol. The van der Waals surface area contributed by atoms with Gasteiger partial charge in [0, 0.05) is 13.2 Å². The lowest BCUT2D eigenvalue weighted by atomic mass is 10.2. The Labute approximate surface area is 129 Å². The van der Waals surface area contributed by atoms with Gasteiger partial charge in [0.05, 0.1) is 29.4 Å². The number of nitrogens with one attached hydrogen (secondary N) is 1. The Balaban J connectivity index is 1.82. The van der Waals surface area contributed by atoms with Crippen molar-refractivity contribution in [1.82, 2.24) is 9.71 Å². The average molecular weight is 319 g/mol. The van der Waals surface area contributed by atoms with Crippen LogP contribution in [0.4, 0.5) is 5.69 Å². The number of hydrogen-bond donors (Lipinski definition) is 1. The molecule has 116 valence electrons. The van der Waals surface area contributed by atoms with Crippen molar-refractivity contribution >= 4 is 15.7 Å². The van der Waals surface area contributed by atoms with Crippen molar-refractivity contribution in [3.05, 3.63) is 48.3 Å². The molecule has 2 aromatic rings. The summed E-state index contributed by atoms with van der Waals surface area (Å²) in [6.07, 6.45) is 1.63. The highest BCUT2D eigenvalue weighted by molar-refractivity contribution is 7.89. The van der Waals surface area contributed by atoms with E-state index in [1.165, 1.54) is 0 Å². The van der Waals surface area contributed by atoms with Crippen LogP contribution in [0.15, 0.2) is 47.5 Å². The number of likely N-dealkylation sites (N-methyl/N-ethyl adjacent to an activating group) is 1. The van der Waals surface area contributed by atoms with Gasteiger partial charge in [0.15, 0.2) is 0 Å². The van der Waals surface area contributed by atoms with Gasteiger partial charge in [-0.2, -0.15) is 0 Å². The molecule has 0 bridgehead atoms. The Morgan fingerprint density at radius 2 is 2.18 bits per heavy atom. The molecular formula is C15H17N3O3S. The van der Waals surface area contributed by atoms with Gasteiger partial charge in [-0.05, 0) is 30.3 Å². The molecule has 22 heavy (non-hydrogen) atoms. The van der Waals surface area contributed by atoms with E-state index in [0.29, 0.717) is 18.1 Å². The fraction of sp³-hybridized carbons (Fsp3) is 0.267. The SMILES string of the molecule is CN1CCOc2ccc(S(=O)(=O)NCc3ccccn3)cc21. The summed E-state index contributed by atoms with van der Waals surface area (Å²) in [6.45, 7) is 1.50. The molecule has 6 nitrogen and oxygen atoms in total. The van der Waals surface area contributed by atoms with E-state index in [1.54, 1.807) is 36.5 Å². The van der Waals surface area contributed by atoms with Crippen molar-refractivity contribution in [2.75, 3.05) is 25.1 Å². The number of anilines is 1. The first kappa shape index (κ1) is 14.8. The van der Waals surface area contributed by atoms with Gasteiger partial charge >= 0.3 is 0 Å². The molecule has 0 amide bonds. The second kappa shape index (κ2) is 5.94. The van der Waals surface area contributed by atoms with Crippen LogP contribution < -0.4 is 14.4 Å². The van der Waals surface area contributed by atoms with Gasteiger partial charge in [-0.25, -0.2) is 13.1 Å². The minimum atomic E-state index is -3.59. The Morgan fingerprint density at radius 1 is 1.32 bits per heavy atom. The van der Waals surface area contributed by atoms with Gasteiger partial charge in [0.1, 0.15) is 12.4 Å². The van der Waals surface area contributed by atoms with Crippen molar-refractivity contribution in [3.63, 3.8) is 0 Å². The highest BCUT2D eigenvalue weighted by Crippen LogP contribution is 2.32. The molecule has 0 unspecified atom stereocenters. The van der Waals surface area contributed by atoms with Gasteiger partial charge in [-0.3, -0.25) is 4.98 Å². The minimum Gasteiger partial charge on any atom is -0.490 e. The Bertz CT molecular complexity index is 763. The number of sulfonamides is 1. The molecule has 7 heteroatoms. The van der Waals surface area contributed by atoms with Crippen molar-refractivity contribution in [3.8, 4) is 5.75 Å². The molecule has 0 fully saturated rings. The molecule has 0 spiro atoms. The minimum absolute atomic E-state index is 0.159. The van der Waals surface area contributed by atoms with Gasteiger partial charge in [0.2, 0.25) is 10.0 Å². The molecule has 1 aromatic carbocycles. The van der Waals surface area contributed by atoms with Crippen LogP contribution in [0.3, 0.4) is 0 Å². The third-order valence-electron chi connectivity index (χ3n) is 3.51. The van der Waals surface area contributed by atoms with Crippen molar-refractivity contribution < 1.29 is 13.2 Å². The van der Waals surface area contributed by atoms with E-state index in [4.69, 9.17) is 4.74 Å². The second-order valence-corrected chi connectivity index (χ2v) is 6.81. The molecule has 0 aliphatic carbocycles. The third-order valence-corrected chi connectivity index (χ3v) is 4.90. The van der Waals surface area contributed by atoms with Crippen molar-refractivity contribution in [2.24, 2.45) is 0 Å². The average Bonchev–Trinajstić information content (AvgIpc) is 2.54. The molecule has 3 rings (SSSR count). The summed E-state index contributed by atoms with van der Waals surface area (Å²) in [4.78, 5) is 6.31. The maximum Gasteiger partial charge on any atom is 0.241 e. The number of benzene rings is 1. The van der Waals surface area contributed by atoms with E-state index in [0.717, 1.165) is 12.2 Å². The number of fused-ring (bicyclic) bond motifs is 1. The Hall–Kier alpha value is -2.12. The predicted molar refractivity (Wildman–Crippen MR) is 83.5 cm³/mol. The van der Waals surface area contributed by atoms with Gasteiger partial charge in [-0.15, -0.1) is 0 Å². The molecule has 1 N–H and O–H groups in total. The Morgan fingerprint density at radius 3 is 2.95 bits per heavy atom. The third kappa shape index (κ3) is 3.05. The number of pyridine rings is 1. The molecule has 1 aliphatic rings. The summed E-state index contributed by atoms with van der Waals surface area (Å²) in [5.74, 6) is 0.706. The predicted octanol–water partition coefficient (Wildman–Crippen LogP) is 1.39. The first-order valence-electron chi connectivity index (χ1n) is 6.94. The zero-order valence-electron chi connectivity index (χ0n) is 12.2. The summed E-state index contributed by atoms with van der Waals surface area (Å²) in [5, 5.41) is 0. The number of aromatic nitrogens is 1. The molecule has 0 saturated heterocycles. The van der Waals surface area contributed by atoms with Crippen LogP contribution in [0.5, 0.6) is 5.75 Å². The fourth-order valence-corrected chi connectivity index (χ4v) is 3.27. The lowest BCUT2D eigenvalue weighted by Crippen LogP contribution is -2.29. The largest absolute Gasteiger partial charge is 0.490 e. The van der Waals surface area contributed by atoms with E-state index in [9.17, 15) is 8.42 Å². The summed E-state index contributed by atoms with van der Waals surface area (Å²) in [6, 6.07) is 10.3. The number of ether oxygens (including phenoxy) is 1. The standard InChI is InChI=1S/C15H17N3O3S/c1-18-8-9-21-15-6-5-13(10-14(15)18)22(19,20)17-11-12-4-2-3-7-16-12/h2-7,10,17H,8-9,11H2,1H3. The molecule has 1 aromatic heterocycles. The molecule has 0 radical (unpaired) electrons. The lowest BCUT2D eigenvalue weighted by Gasteiger charge is -2.28. The van der Waals surface area contributed by atoms with E-state index in [2.05, 4.69) is 9.71 Å². The first-order chi connectivity index (χ1) is 10.6. The highest BCUT2D eigenvalue weighted by Gasteiger charge is 2.20. The normalized spacial score (nSPS) is 14.3. The summed E-state index contributed by atoms with van der Waals surface area (Å²) in [5.41, 5.74) is 1.46. The monoisotopic (exact) mass is 319 g/mol. The number of nitrogens with zero attached hydrogens (tertiary/aromatic N) is 2. The van der Waals surface area contributed by atoms with Crippen molar-refractivity contribution in [2.45, 2.75) is 11.4 Å². The first-order valence-corrected chi connectivity index (χ1v) is 8.42. The van der Waals surface area contributed by atoms with Gasteiger partial charge < -0.3 is 9.64 Å². The summed E-state index contributed by atoms with van der Waals surface area (Å²) in [7, 11) is -1.67. The van der Waals surface area contributed by atoms with Crippen LogP contribution in [0.2, 0.25) is 0 Å². The quantitative estimate of drug-likeness (QED) is 0.922. The zero-order valence-corrected chi connectivity index (χ0v) is 13.0. The van der Waals surface area contributed by atoms with Crippen LogP contribution in [0.25, 0.3) is 0 Å². The number of hydrogen-bond acceptors (Lipinski definition) is 5. The molecule has 1 aliphatic heterocycles. The van der Waals surface area contributed by atoms with Crippen LogP contribution >= 0.6 is 0 Å². The van der Waals surface area contributed by atoms with E-state index in [-0.39, 0.29) is 11.4 Å². The molecule has 2 heterocycles. The van der Waals surface area contributed by atoms with E-state index >= 15 is 0 Å². The summed E-state index contributed by atoms with van der Waals surface area (Å²) < 4.78 is 32.9. The lowest BCUT2D eigenvalue weighted by molar-refractivity contribution is 0.311. The molecule has 0 saturated carbocycles. The fourth-order valence-electron chi connectivity index (χ4n) is 2.25. The number of rotatable bonds is 4. The van der Waals surface area contributed by atoms with Gasteiger partial charge in [0.25, 0.3) is 0 Å². The van der Waals surface area contributed by atoms with Gasteiger partial charge in [-0.1, -0.05) is 6.07 Å². The highest BCUT2D eigenvalue weighted by atomic mass is 32.2.